The molecule has 0 aromatic rings. The van der Waals surface area contributed by atoms with Crippen LogP contribution in [-0.4, -0.2) is 29.7 Å². The molecule has 0 aromatic carbocycles. The highest BCUT2D eigenvalue weighted by Crippen LogP contribution is 2.56. The van der Waals surface area contributed by atoms with Crippen LogP contribution in [0.4, 0.5) is 0 Å². The Balaban J connectivity index is 2.02. The molecular formula is C19H33NO. The van der Waals surface area contributed by atoms with Gasteiger partial charge in [0.25, 0.3) is 0 Å². The second-order valence-electron chi connectivity index (χ2n) is 8.75. The van der Waals surface area contributed by atoms with Crippen molar-refractivity contribution in [3.05, 3.63) is 11.3 Å². The first-order valence-corrected chi connectivity index (χ1v) is 8.89. The second-order valence-corrected chi connectivity index (χ2v) is 8.75. The molecular weight excluding hydrogens is 258 g/mol. The largest absolute Gasteiger partial charge is 0.376 e. The van der Waals surface area contributed by atoms with Gasteiger partial charge in [0.05, 0.1) is 18.8 Å². The van der Waals surface area contributed by atoms with Crippen molar-refractivity contribution >= 4 is 0 Å². The molecule has 1 aliphatic carbocycles. The fraction of sp³-hybridized carbons (Fsp3) is 0.895. The maximum atomic E-state index is 5.65. The summed E-state index contributed by atoms with van der Waals surface area (Å²) in [5, 5.41) is 0. The highest BCUT2D eigenvalue weighted by Gasteiger charge is 2.55. The van der Waals surface area contributed by atoms with E-state index in [4.69, 9.17) is 4.74 Å². The predicted molar refractivity (Wildman–Crippen MR) is 88.1 cm³/mol. The van der Waals surface area contributed by atoms with Gasteiger partial charge in [0.15, 0.2) is 0 Å². The first-order valence-electron chi connectivity index (χ1n) is 8.89. The first-order chi connectivity index (χ1) is 9.79. The summed E-state index contributed by atoms with van der Waals surface area (Å²) in [6.07, 6.45) is 5.26. The van der Waals surface area contributed by atoms with Gasteiger partial charge < -0.3 is 9.64 Å². The van der Waals surface area contributed by atoms with E-state index < -0.39 is 0 Å². The van der Waals surface area contributed by atoms with Crippen LogP contribution in [0.3, 0.4) is 0 Å². The number of rotatable bonds is 2. The average molecular weight is 291 g/mol. The van der Waals surface area contributed by atoms with Crippen LogP contribution >= 0.6 is 0 Å². The van der Waals surface area contributed by atoms with Crippen molar-refractivity contribution in [3.63, 3.8) is 0 Å². The first kappa shape index (κ1) is 15.4. The van der Waals surface area contributed by atoms with E-state index in [1.54, 1.807) is 11.3 Å². The number of ether oxygens (including phenoxy) is 1. The van der Waals surface area contributed by atoms with Crippen LogP contribution in [0, 0.1) is 17.3 Å². The normalized spacial score (nSPS) is 30.9. The van der Waals surface area contributed by atoms with Crippen molar-refractivity contribution in [1.82, 2.24) is 4.90 Å². The number of nitrogens with zero attached hydrogens (tertiary/aromatic N) is 1. The lowest BCUT2D eigenvalue weighted by Crippen LogP contribution is -2.61. The summed E-state index contributed by atoms with van der Waals surface area (Å²) in [6.45, 7) is 16.4. The van der Waals surface area contributed by atoms with Gasteiger partial charge in [0.1, 0.15) is 0 Å². The molecule has 1 unspecified atom stereocenters. The van der Waals surface area contributed by atoms with Crippen molar-refractivity contribution in [1.29, 1.82) is 0 Å². The third-order valence-electron chi connectivity index (χ3n) is 6.35. The van der Waals surface area contributed by atoms with Gasteiger partial charge in [-0.25, -0.2) is 0 Å². The molecule has 2 aliphatic heterocycles. The van der Waals surface area contributed by atoms with Gasteiger partial charge >= 0.3 is 0 Å². The number of hydrogen-bond donors (Lipinski definition) is 0. The molecule has 0 aromatic heterocycles. The fourth-order valence-corrected chi connectivity index (χ4v) is 5.50. The van der Waals surface area contributed by atoms with E-state index in [-0.39, 0.29) is 0 Å². The Kier molecular flexibility index (Phi) is 3.67. The number of allylic oxidation sites excluding steroid dienone is 1. The van der Waals surface area contributed by atoms with E-state index in [0.717, 1.165) is 25.0 Å². The molecule has 0 N–H and O–H groups in total. The zero-order valence-electron chi connectivity index (χ0n) is 14.8. The van der Waals surface area contributed by atoms with Crippen LogP contribution in [0.15, 0.2) is 11.3 Å². The molecule has 0 amide bonds. The van der Waals surface area contributed by atoms with Crippen LogP contribution in [0.1, 0.15) is 67.2 Å². The van der Waals surface area contributed by atoms with Crippen molar-refractivity contribution in [2.45, 2.75) is 78.8 Å². The van der Waals surface area contributed by atoms with E-state index in [9.17, 15) is 0 Å². The Bertz CT molecular complexity index is 442. The molecule has 3 rings (SSSR count). The highest BCUT2D eigenvalue weighted by molar-refractivity contribution is 5.34. The van der Waals surface area contributed by atoms with E-state index in [1.807, 2.05) is 0 Å². The van der Waals surface area contributed by atoms with Gasteiger partial charge in [-0.15, -0.1) is 0 Å². The van der Waals surface area contributed by atoms with Gasteiger partial charge in [-0.3, -0.25) is 0 Å². The molecule has 0 radical (unpaired) electrons. The minimum atomic E-state index is 0.301. The zero-order chi connectivity index (χ0) is 15.4. The summed E-state index contributed by atoms with van der Waals surface area (Å²) in [5.74, 6) is 1.59. The van der Waals surface area contributed by atoms with Crippen LogP contribution in [-0.2, 0) is 4.74 Å². The van der Waals surface area contributed by atoms with Crippen LogP contribution < -0.4 is 0 Å². The standard InChI is InChI=1S/C19H33NO/c1-13(2)15-8-7-9-17-16(18(15,5)6)10-19(11-21-12-19)20(17)14(3)4/h13-15H,7-12H2,1-6H3. The third-order valence-corrected chi connectivity index (χ3v) is 6.35. The maximum absolute atomic E-state index is 5.65. The van der Waals surface area contributed by atoms with Crippen LogP contribution in [0.2, 0.25) is 0 Å². The predicted octanol–water partition coefficient (Wildman–Crippen LogP) is 4.61. The Morgan fingerprint density at radius 3 is 2.29 bits per heavy atom. The fourth-order valence-electron chi connectivity index (χ4n) is 5.50. The molecule has 1 atom stereocenters. The summed E-state index contributed by atoms with van der Waals surface area (Å²) >= 11 is 0. The van der Waals surface area contributed by atoms with E-state index >= 15 is 0 Å². The van der Waals surface area contributed by atoms with Gasteiger partial charge in [-0.1, -0.05) is 27.7 Å². The van der Waals surface area contributed by atoms with Gasteiger partial charge in [0.2, 0.25) is 0 Å². The number of hydrogen-bond acceptors (Lipinski definition) is 2. The highest BCUT2D eigenvalue weighted by atomic mass is 16.5. The van der Waals surface area contributed by atoms with E-state index in [2.05, 4.69) is 46.4 Å². The molecule has 2 heteroatoms. The van der Waals surface area contributed by atoms with Crippen LogP contribution in [0.5, 0.6) is 0 Å². The second kappa shape index (κ2) is 5.01. The summed E-state index contributed by atoms with van der Waals surface area (Å²) in [5.41, 5.74) is 4.08. The van der Waals surface area contributed by atoms with Crippen molar-refractivity contribution in [2.24, 2.45) is 17.3 Å². The molecule has 0 saturated carbocycles. The molecule has 1 saturated heterocycles. The lowest BCUT2D eigenvalue weighted by Gasteiger charge is -2.50. The minimum Gasteiger partial charge on any atom is -0.376 e. The summed E-state index contributed by atoms with van der Waals surface area (Å²) < 4.78 is 5.65. The molecule has 3 aliphatic rings. The zero-order valence-corrected chi connectivity index (χ0v) is 14.8. The quantitative estimate of drug-likeness (QED) is 0.737. The van der Waals surface area contributed by atoms with Gasteiger partial charge in [-0.05, 0) is 62.4 Å². The lowest BCUT2D eigenvalue weighted by atomic mass is 9.66. The molecule has 0 bridgehead atoms. The molecule has 2 heterocycles. The Hall–Kier alpha value is -0.500. The van der Waals surface area contributed by atoms with Crippen molar-refractivity contribution < 1.29 is 4.74 Å². The Morgan fingerprint density at radius 1 is 1.14 bits per heavy atom. The van der Waals surface area contributed by atoms with E-state index in [1.165, 1.54) is 25.7 Å². The van der Waals surface area contributed by atoms with Crippen molar-refractivity contribution in [2.75, 3.05) is 13.2 Å². The minimum absolute atomic E-state index is 0.301. The molecule has 1 fully saturated rings. The van der Waals surface area contributed by atoms with Gasteiger partial charge in [-0.2, -0.15) is 0 Å². The molecule has 1 spiro atoms. The molecule has 21 heavy (non-hydrogen) atoms. The molecule has 2 nitrogen and oxygen atoms in total. The Labute approximate surface area is 130 Å². The smallest absolute Gasteiger partial charge is 0.0905 e. The van der Waals surface area contributed by atoms with E-state index in [0.29, 0.717) is 17.0 Å². The van der Waals surface area contributed by atoms with Crippen molar-refractivity contribution in [3.8, 4) is 0 Å². The topological polar surface area (TPSA) is 12.5 Å². The monoisotopic (exact) mass is 291 g/mol. The average Bonchev–Trinajstić information content (AvgIpc) is 2.63. The SMILES string of the molecule is CC(C)C1CCCC2=C(CC3(COC3)N2C(C)C)C1(C)C. The summed E-state index contributed by atoms with van der Waals surface area (Å²) in [4.78, 5) is 2.75. The Morgan fingerprint density at radius 2 is 1.81 bits per heavy atom. The summed E-state index contributed by atoms with van der Waals surface area (Å²) in [7, 11) is 0. The maximum Gasteiger partial charge on any atom is 0.0905 e. The molecule has 120 valence electrons. The van der Waals surface area contributed by atoms with Crippen LogP contribution in [0.25, 0.3) is 0 Å². The van der Waals surface area contributed by atoms with Gasteiger partial charge in [0, 0.05) is 11.7 Å². The summed E-state index contributed by atoms with van der Waals surface area (Å²) in [6, 6.07) is 0.591. The lowest BCUT2D eigenvalue weighted by molar-refractivity contribution is -0.129. The third kappa shape index (κ3) is 2.17.